The predicted molar refractivity (Wildman–Crippen MR) is 49.7 cm³/mol. The van der Waals surface area contributed by atoms with Gasteiger partial charge in [0, 0.05) is 5.57 Å². The molecule has 0 radical (unpaired) electrons. The van der Waals surface area contributed by atoms with Crippen LogP contribution in [0.4, 0.5) is 0 Å². The zero-order valence-corrected chi connectivity index (χ0v) is 7.35. The van der Waals surface area contributed by atoms with Crippen molar-refractivity contribution in [2.75, 3.05) is 7.11 Å². The number of hydrogen-bond acceptors (Lipinski definition) is 0. The number of carbonyl (C=O) groups excluding carboxylic acids is 1. The van der Waals surface area contributed by atoms with Crippen LogP contribution in [0.2, 0.25) is 0 Å². The molecule has 0 amide bonds. The second-order valence-electron chi connectivity index (χ2n) is 2.57. The molecule has 1 nitrogen and oxygen atoms in total. The van der Waals surface area contributed by atoms with Crippen molar-refractivity contribution in [1.29, 1.82) is 0 Å². The van der Waals surface area contributed by atoms with Gasteiger partial charge in [-0.3, -0.25) is 0 Å². The predicted octanol–water partition coefficient (Wildman–Crippen LogP) is 2.13. The van der Waals surface area contributed by atoms with Gasteiger partial charge in [0.1, 0.15) is 0 Å². The molecule has 0 fully saturated rings. The minimum absolute atomic E-state index is 0.917. The molecular formula is C11H11O+. The summed E-state index contributed by atoms with van der Waals surface area (Å²) >= 11 is 0. The molecule has 0 aromatic carbocycles. The van der Waals surface area contributed by atoms with Crippen molar-refractivity contribution in [3.8, 4) is 0 Å². The summed E-state index contributed by atoms with van der Waals surface area (Å²) in [6.07, 6.45) is 7.15. The van der Waals surface area contributed by atoms with Gasteiger partial charge >= 0.3 is 5.94 Å². The minimum Gasteiger partial charge on any atom is -0.198 e. The van der Waals surface area contributed by atoms with Gasteiger partial charge in [0.25, 0.3) is 7.11 Å². The summed E-state index contributed by atoms with van der Waals surface area (Å²) in [4.78, 5) is 0. The Balaban J connectivity index is 2.91. The highest BCUT2D eigenvalue weighted by Crippen LogP contribution is 2.12. The van der Waals surface area contributed by atoms with Crippen molar-refractivity contribution in [1.82, 2.24) is 0 Å². The summed E-state index contributed by atoms with van der Waals surface area (Å²) in [6, 6.07) is 0. The highest BCUT2D eigenvalue weighted by molar-refractivity contribution is 5.45. The first kappa shape index (κ1) is 8.59. The van der Waals surface area contributed by atoms with Gasteiger partial charge in [-0.2, -0.15) is 4.42 Å². The van der Waals surface area contributed by atoms with Crippen LogP contribution >= 0.6 is 0 Å². The normalized spacial score (nSPS) is 14.2. The summed E-state index contributed by atoms with van der Waals surface area (Å²) in [5.41, 5.74) is 8.02. The summed E-state index contributed by atoms with van der Waals surface area (Å²) < 4.78 is 4.58. The molecule has 0 atom stereocenters. The SMILES string of the molecule is C[O+]=C=C=C=C1C=CC(C)=CC1. The Kier molecular flexibility index (Phi) is 3.14. The van der Waals surface area contributed by atoms with E-state index in [1.165, 1.54) is 5.57 Å². The minimum atomic E-state index is 0.917. The van der Waals surface area contributed by atoms with Gasteiger partial charge in [-0.1, -0.05) is 23.8 Å². The number of rotatable bonds is 0. The van der Waals surface area contributed by atoms with Gasteiger partial charge in [0.05, 0.1) is 5.73 Å². The summed E-state index contributed by atoms with van der Waals surface area (Å²) in [5, 5.41) is 0. The van der Waals surface area contributed by atoms with Crippen molar-refractivity contribution < 1.29 is 4.42 Å². The fourth-order valence-electron chi connectivity index (χ4n) is 0.889. The Labute approximate surface area is 72.4 Å². The second kappa shape index (κ2) is 4.38. The summed E-state index contributed by atoms with van der Waals surface area (Å²) in [5.74, 6) is 2.47. The van der Waals surface area contributed by atoms with E-state index >= 15 is 0 Å². The Morgan fingerprint density at radius 3 is 2.83 bits per heavy atom. The highest BCUT2D eigenvalue weighted by Gasteiger charge is 1.94. The molecule has 0 aromatic heterocycles. The van der Waals surface area contributed by atoms with E-state index in [2.05, 4.69) is 40.9 Å². The van der Waals surface area contributed by atoms with E-state index in [1.807, 2.05) is 6.08 Å². The quantitative estimate of drug-likeness (QED) is 0.291. The third kappa shape index (κ3) is 2.62. The van der Waals surface area contributed by atoms with Crippen LogP contribution in [0.3, 0.4) is 0 Å². The fraction of sp³-hybridized carbons (Fsp3) is 0.273. The van der Waals surface area contributed by atoms with Gasteiger partial charge in [-0.05, 0) is 19.1 Å². The Hall–Kier alpha value is -1.51. The average Bonchev–Trinajstić information content (AvgIpc) is 2.09. The lowest BCUT2D eigenvalue weighted by Crippen LogP contribution is -1.81. The molecule has 0 spiro atoms. The Morgan fingerprint density at radius 2 is 2.25 bits per heavy atom. The first-order chi connectivity index (χ1) is 5.83. The van der Waals surface area contributed by atoms with E-state index < -0.39 is 0 Å². The standard InChI is InChI=1S/C11H11O/c1-10-5-7-11(8-6-10)4-3-9-12-2/h5-7H,8H2,1-2H3/q+1. The van der Waals surface area contributed by atoms with Gasteiger partial charge in [0.2, 0.25) is 0 Å². The van der Waals surface area contributed by atoms with Crippen molar-refractivity contribution >= 4 is 5.94 Å². The highest BCUT2D eigenvalue weighted by atomic mass is 16.3. The zero-order chi connectivity index (χ0) is 8.81. The van der Waals surface area contributed by atoms with Crippen LogP contribution in [0.5, 0.6) is 0 Å². The van der Waals surface area contributed by atoms with Crippen LogP contribution in [-0.4, -0.2) is 13.1 Å². The van der Waals surface area contributed by atoms with E-state index in [1.54, 1.807) is 7.11 Å². The second-order valence-corrected chi connectivity index (χ2v) is 2.57. The number of hydrogen-bond donors (Lipinski definition) is 0. The van der Waals surface area contributed by atoms with E-state index in [0.29, 0.717) is 0 Å². The molecule has 0 aromatic rings. The van der Waals surface area contributed by atoms with Crippen molar-refractivity contribution in [2.45, 2.75) is 13.3 Å². The van der Waals surface area contributed by atoms with Gasteiger partial charge in [-0.15, -0.1) is 0 Å². The lowest BCUT2D eigenvalue weighted by Gasteiger charge is -2.00. The molecule has 0 heterocycles. The zero-order valence-electron chi connectivity index (χ0n) is 7.35. The number of allylic oxidation sites excluding steroid dienone is 5. The molecule has 1 heteroatoms. The third-order valence-electron chi connectivity index (χ3n) is 1.57. The molecule has 0 saturated carbocycles. The monoisotopic (exact) mass is 159 g/mol. The summed E-state index contributed by atoms with van der Waals surface area (Å²) in [6.45, 7) is 2.08. The topological polar surface area (TPSA) is 11.3 Å². The van der Waals surface area contributed by atoms with E-state index in [-0.39, 0.29) is 0 Å². The molecule has 1 rings (SSSR count). The average molecular weight is 159 g/mol. The molecule has 0 aliphatic heterocycles. The molecule has 0 saturated heterocycles. The maximum absolute atomic E-state index is 4.58. The van der Waals surface area contributed by atoms with Crippen molar-refractivity contribution in [3.05, 3.63) is 40.8 Å². The van der Waals surface area contributed by atoms with Gasteiger partial charge in [0.15, 0.2) is 0 Å². The molecule has 0 unspecified atom stereocenters. The van der Waals surface area contributed by atoms with E-state index in [9.17, 15) is 0 Å². The first-order valence-corrected chi connectivity index (χ1v) is 3.82. The van der Waals surface area contributed by atoms with Crippen LogP contribution in [0.15, 0.2) is 40.8 Å². The largest absolute Gasteiger partial charge is 0.407 e. The van der Waals surface area contributed by atoms with E-state index in [0.717, 1.165) is 12.0 Å². The molecule has 12 heavy (non-hydrogen) atoms. The van der Waals surface area contributed by atoms with Crippen LogP contribution < -0.4 is 0 Å². The molecular weight excluding hydrogens is 148 g/mol. The lowest BCUT2D eigenvalue weighted by atomic mass is 10.0. The molecule has 60 valence electrons. The molecule has 1 aliphatic carbocycles. The Bertz CT molecular complexity index is 350. The summed E-state index contributed by atoms with van der Waals surface area (Å²) in [7, 11) is 1.54. The smallest absolute Gasteiger partial charge is 0.198 e. The Morgan fingerprint density at radius 1 is 1.42 bits per heavy atom. The van der Waals surface area contributed by atoms with E-state index in [4.69, 9.17) is 0 Å². The fourth-order valence-corrected chi connectivity index (χ4v) is 0.889. The van der Waals surface area contributed by atoms with Crippen LogP contribution in [0, 0.1) is 0 Å². The van der Waals surface area contributed by atoms with Crippen LogP contribution in [0.1, 0.15) is 13.3 Å². The first-order valence-electron chi connectivity index (χ1n) is 3.82. The molecule has 0 N–H and O–H groups in total. The van der Waals surface area contributed by atoms with Crippen LogP contribution in [0.25, 0.3) is 0 Å². The van der Waals surface area contributed by atoms with Gasteiger partial charge < -0.3 is 0 Å². The maximum Gasteiger partial charge on any atom is 0.407 e. The lowest BCUT2D eigenvalue weighted by molar-refractivity contribution is 0.189. The van der Waals surface area contributed by atoms with Crippen LogP contribution in [-0.2, 0) is 4.42 Å². The van der Waals surface area contributed by atoms with Crippen molar-refractivity contribution in [2.24, 2.45) is 0 Å². The van der Waals surface area contributed by atoms with Gasteiger partial charge in [-0.25, -0.2) is 0 Å². The molecule has 0 bridgehead atoms. The molecule has 1 aliphatic rings. The maximum atomic E-state index is 4.58. The third-order valence-corrected chi connectivity index (χ3v) is 1.57. The van der Waals surface area contributed by atoms with Crippen molar-refractivity contribution in [3.63, 3.8) is 0 Å².